The molecule has 1 atom stereocenters. The van der Waals surface area contributed by atoms with Gasteiger partial charge in [0, 0.05) is 11.7 Å². The van der Waals surface area contributed by atoms with Crippen LogP contribution in [0, 0.1) is 0 Å². The second-order valence-electron chi connectivity index (χ2n) is 3.79. The monoisotopic (exact) mass is 206 g/mol. The molecule has 1 rings (SSSR count). The fraction of sp³-hybridized carbons (Fsp3) is 0.417. The van der Waals surface area contributed by atoms with Gasteiger partial charge < -0.3 is 11.1 Å². The van der Waals surface area contributed by atoms with E-state index in [1.165, 1.54) is 0 Å². The molecule has 1 aromatic carbocycles. The van der Waals surface area contributed by atoms with E-state index >= 15 is 0 Å². The highest BCUT2D eigenvalue weighted by Crippen LogP contribution is 2.11. The minimum absolute atomic E-state index is 0.294. The van der Waals surface area contributed by atoms with Crippen molar-refractivity contribution in [1.82, 2.24) is 0 Å². The largest absolute Gasteiger partial charge is 0.383 e. The van der Waals surface area contributed by atoms with Gasteiger partial charge in [0.05, 0.1) is 6.42 Å². The summed E-state index contributed by atoms with van der Waals surface area (Å²) in [6, 6.07) is 8.27. The lowest BCUT2D eigenvalue weighted by atomic mass is 10.1. The molecule has 1 amide bonds. The third-order valence-electron chi connectivity index (χ3n) is 2.36. The molecule has 3 nitrogen and oxygen atoms in total. The predicted octanol–water partition coefficient (Wildman–Crippen LogP) is 1.92. The molecule has 0 saturated heterocycles. The van der Waals surface area contributed by atoms with Crippen molar-refractivity contribution in [2.24, 2.45) is 5.73 Å². The number of anilines is 1. The highest BCUT2D eigenvalue weighted by atomic mass is 16.1. The first-order valence-electron chi connectivity index (χ1n) is 5.25. The molecule has 82 valence electrons. The van der Waals surface area contributed by atoms with Crippen molar-refractivity contribution >= 4 is 11.6 Å². The molecular weight excluding hydrogens is 188 g/mol. The van der Waals surface area contributed by atoms with Crippen LogP contribution < -0.4 is 11.1 Å². The lowest BCUT2D eigenvalue weighted by molar-refractivity contribution is -0.117. The summed E-state index contributed by atoms with van der Waals surface area (Å²) in [7, 11) is 0. The van der Waals surface area contributed by atoms with Gasteiger partial charge in [-0.05, 0) is 31.0 Å². The van der Waals surface area contributed by atoms with Gasteiger partial charge >= 0.3 is 0 Å². The maximum atomic E-state index is 10.7. The van der Waals surface area contributed by atoms with Crippen molar-refractivity contribution in [1.29, 1.82) is 0 Å². The molecule has 1 unspecified atom stereocenters. The zero-order valence-electron chi connectivity index (χ0n) is 9.29. The summed E-state index contributed by atoms with van der Waals surface area (Å²) in [6.45, 7) is 4.27. The van der Waals surface area contributed by atoms with Crippen LogP contribution in [0.2, 0.25) is 0 Å². The summed E-state index contributed by atoms with van der Waals surface area (Å²) in [5.41, 5.74) is 7.15. The number of rotatable bonds is 5. The van der Waals surface area contributed by atoms with Gasteiger partial charge in [-0.1, -0.05) is 19.1 Å². The van der Waals surface area contributed by atoms with Crippen molar-refractivity contribution in [3.8, 4) is 0 Å². The van der Waals surface area contributed by atoms with E-state index in [1.807, 2.05) is 24.3 Å². The molecule has 0 aliphatic heterocycles. The lowest BCUT2D eigenvalue weighted by Gasteiger charge is -2.12. The van der Waals surface area contributed by atoms with Crippen LogP contribution in [0.3, 0.4) is 0 Å². The van der Waals surface area contributed by atoms with Crippen molar-refractivity contribution < 1.29 is 4.79 Å². The highest BCUT2D eigenvalue weighted by molar-refractivity contribution is 5.76. The fourth-order valence-electron chi connectivity index (χ4n) is 1.31. The van der Waals surface area contributed by atoms with E-state index in [4.69, 9.17) is 5.73 Å². The first-order valence-corrected chi connectivity index (χ1v) is 5.25. The molecule has 0 saturated carbocycles. The van der Waals surface area contributed by atoms with Crippen molar-refractivity contribution in [3.63, 3.8) is 0 Å². The first-order chi connectivity index (χ1) is 7.11. The number of nitrogens with two attached hydrogens (primary N) is 1. The number of carbonyl (C=O) groups is 1. The Balaban J connectivity index is 2.60. The quantitative estimate of drug-likeness (QED) is 0.773. The zero-order chi connectivity index (χ0) is 11.3. The summed E-state index contributed by atoms with van der Waals surface area (Å²) in [5, 5.41) is 3.36. The van der Waals surface area contributed by atoms with Crippen molar-refractivity contribution in [2.45, 2.75) is 32.7 Å². The van der Waals surface area contributed by atoms with E-state index in [0.29, 0.717) is 12.5 Å². The van der Waals surface area contributed by atoms with Gasteiger partial charge in [-0.2, -0.15) is 0 Å². The van der Waals surface area contributed by atoms with Crippen LogP contribution in [0.25, 0.3) is 0 Å². The van der Waals surface area contributed by atoms with Crippen LogP contribution in [-0.2, 0) is 11.2 Å². The number of nitrogens with one attached hydrogen (secondary N) is 1. The van der Waals surface area contributed by atoms with Crippen LogP contribution in [-0.4, -0.2) is 11.9 Å². The van der Waals surface area contributed by atoms with E-state index in [2.05, 4.69) is 19.2 Å². The summed E-state index contributed by atoms with van der Waals surface area (Å²) in [4.78, 5) is 10.7. The molecule has 3 N–H and O–H groups in total. The second-order valence-corrected chi connectivity index (χ2v) is 3.79. The molecule has 15 heavy (non-hydrogen) atoms. The highest BCUT2D eigenvalue weighted by Gasteiger charge is 2.00. The number of carbonyl (C=O) groups excluding carboxylic acids is 1. The second kappa shape index (κ2) is 5.39. The Morgan fingerprint density at radius 3 is 2.47 bits per heavy atom. The number of primary amides is 1. The average molecular weight is 206 g/mol. The van der Waals surface area contributed by atoms with E-state index in [-0.39, 0.29) is 5.91 Å². The molecule has 0 aromatic heterocycles. The number of benzene rings is 1. The SMILES string of the molecule is CCC(C)Nc1ccc(CC(N)=O)cc1. The summed E-state index contributed by atoms with van der Waals surface area (Å²) >= 11 is 0. The normalized spacial score (nSPS) is 12.1. The maximum Gasteiger partial charge on any atom is 0.221 e. The Kier molecular flexibility index (Phi) is 4.16. The van der Waals surface area contributed by atoms with Gasteiger partial charge in [-0.15, -0.1) is 0 Å². The first kappa shape index (κ1) is 11.6. The summed E-state index contributed by atoms with van der Waals surface area (Å²) < 4.78 is 0. The molecule has 0 radical (unpaired) electrons. The smallest absolute Gasteiger partial charge is 0.221 e. The number of amides is 1. The Morgan fingerprint density at radius 2 is 2.00 bits per heavy atom. The maximum absolute atomic E-state index is 10.7. The minimum atomic E-state index is -0.294. The van der Waals surface area contributed by atoms with Gasteiger partial charge in [0.2, 0.25) is 5.91 Å². The van der Waals surface area contributed by atoms with Crippen LogP contribution in [0.15, 0.2) is 24.3 Å². The lowest BCUT2D eigenvalue weighted by Crippen LogP contribution is -2.14. The van der Waals surface area contributed by atoms with Crippen LogP contribution in [0.1, 0.15) is 25.8 Å². The van der Waals surface area contributed by atoms with Gasteiger partial charge in [0.25, 0.3) is 0 Å². The molecule has 0 bridgehead atoms. The van der Waals surface area contributed by atoms with E-state index in [1.54, 1.807) is 0 Å². The Hall–Kier alpha value is -1.51. The number of hydrogen-bond donors (Lipinski definition) is 2. The summed E-state index contributed by atoms with van der Waals surface area (Å²) in [6.07, 6.45) is 1.40. The van der Waals surface area contributed by atoms with E-state index in [0.717, 1.165) is 17.7 Å². The van der Waals surface area contributed by atoms with Crippen LogP contribution in [0.4, 0.5) is 5.69 Å². The Bertz CT molecular complexity index is 319. The van der Waals surface area contributed by atoms with E-state index < -0.39 is 0 Å². The van der Waals surface area contributed by atoms with Gasteiger partial charge in [-0.3, -0.25) is 4.79 Å². The van der Waals surface area contributed by atoms with E-state index in [9.17, 15) is 4.79 Å². The topological polar surface area (TPSA) is 55.1 Å². The summed E-state index contributed by atoms with van der Waals surface area (Å²) in [5.74, 6) is -0.294. The molecule has 0 heterocycles. The molecular formula is C12H18N2O. The molecule has 0 aliphatic carbocycles. The third kappa shape index (κ3) is 4.02. The van der Waals surface area contributed by atoms with Gasteiger partial charge in [0.15, 0.2) is 0 Å². The standard InChI is InChI=1S/C12H18N2O/c1-3-9(2)14-11-6-4-10(5-7-11)8-12(13)15/h4-7,9,14H,3,8H2,1-2H3,(H2,13,15). The number of hydrogen-bond acceptors (Lipinski definition) is 2. The third-order valence-corrected chi connectivity index (χ3v) is 2.36. The average Bonchev–Trinajstić information content (AvgIpc) is 2.20. The molecule has 0 spiro atoms. The van der Waals surface area contributed by atoms with Crippen LogP contribution in [0.5, 0.6) is 0 Å². The van der Waals surface area contributed by atoms with Gasteiger partial charge in [0.1, 0.15) is 0 Å². The minimum Gasteiger partial charge on any atom is -0.383 e. The van der Waals surface area contributed by atoms with Crippen molar-refractivity contribution in [3.05, 3.63) is 29.8 Å². The Labute approximate surface area is 90.7 Å². The van der Waals surface area contributed by atoms with Gasteiger partial charge in [-0.25, -0.2) is 0 Å². The molecule has 3 heteroatoms. The molecule has 0 fully saturated rings. The Morgan fingerprint density at radius 1 is 1.40 bits per heavy atom. The predicted molar refractivity (Wildman–Crippen MR) is 62.7 cm³/mol. The van der Waals surface area contributed by atoms with Crippen LogP contribution >= 0.6 is 0 Å². The molecule has 0 aliphatic rings. The van der Waals surface area contributed by atoms with Crippen molar-refractivity contribution in [2.75, 3.05) is 5.32 Å². The fourth-order valence-corrected chi connectivity index (χ4v) is 1.31. The zero-order valence-corrected chi connectivity index (χ0v) is 9.29. The molecule has 1 aromatic rings.